The van der Waals surface area contributed by atoms with Gasteiger partial charge in [0, 0.05) is 18.7 Å². The van der Waals surface area contributed by atoms with E-state index in [9.17, 15) is 0 Å². The van der Waals surface area contributed by atoms with E-state index in [0.29, 0.717) is 18.5 Å². The highest BCUT2D eigenvalue weighted by molar-refractivity contribution is 5.79. The molecular formula is C13H22N4O. The zero-order valence-electron chi connectivity index (χ0n) is 11.5. The molecule has 0 saturated heterocycles. The normalized spacial score (nSPS) is 11.5. The number of guanidine groups is 1. The standard InChI is InChI=1S/C13H22N4O/c1-5-14-13(16-10(2)3)15-9-11-7-6-8-12(17-11)18-4/h6-8,10H,5,9H2,1-4H3,(H2,14,15,16). The van der Waals surface area contributed by atoms with Gasteiger partial charge in [-0.1, -0.05) is 6.07 Å². The molecule has 5 nitrogen and oxygen atoms in total. The highest BCUT2D eigenvalue weighted by Crippen LogP contribution is 2.07. The third-order valence-corrected chi connectivity index (χ3v) is 2.16. The van der Waals surface area contributed by atoms with Crippen LogP contribution in [0.5, 0.6) is 5.88 Å². The SMILES string of the molecule is CCNC(=NCc1cccc(OC)n1)NC(C)C. The van der Waals surface area contributed by atoms with Crippen LogP contribution in [0, 0.1) is 0 Å². The molecule has 18 heavy (non-hydrogen) atoms. The van der Waals surface area contributed by atoms with Crippen molar-refractivity contribution in [3.05, 3.63) is 23.9 Å². The molecular weight excluding hydrogens is 228 g/mol. The van der Waals surface area contributed by atoms with Crippen molar-refractivity contribution in [3.8, 4) is 5.88 Å². The largest absolute Gasteiger partial charge is 0.481 e. The van der Waals surface area contributed by atoms with Crippen molar-refractivity contribution in [3.63, 3.8) is 0 Å². The first-order chi connectivity index (χ1) is 8.65. The van der Waals surface area contributed by atoms with E-state index >= 15 is 0 Å². The molecule has 0 amide bonds. The van der Waals surface area contributed by atoms with Crippen molar-refractivity contribution in [2.75, 3.05) is 13.7 Å². The van der Waals surface area contributed by atoms with Crippen LogP contribution in [0.2, 0.25) is 0 Å². The maximum Gasteiger partial charge on any atom is 0.213 e. The van der Waals surface area contributed by atoms with Crippen LogP contribution in [-0.4, -0.2) is 30.6 Å². The maximum atomic E-state index is 5.08. The second-order valence-electron chi connectivity index (χ2n) is 4.17. The summed E-state index contributed by atoms with van der Waals surface area (Å²) in [5, 5.41) is 6.45. The third kappa shape index (κ3) is 5.03. The van der Waals surface area contributed by atoms with Crippen molar-refractivity contribution in [2.45, 2.75) is 33.4 Å². The number of aromatic nitrogens is 1. The summed E-state index contributed by atoms with van der Waals surface area (Å²) in [6, 6.07) is 6.02. The topological polar surface area (TPSA) is 58.5 Å². The van der Waals surface area contributed by atoms with Gasteiger partial charge in [0.15, 0.2) is 5.96 Å². The van der Waals surface area contributed by atoms with Crippen molar-refractivity contribution < 1.29 is 4.74 Å². The zero-order chi connectivity index (χ0) is 13.4. The Morgan fingerprint density at radius 3 is 2.83 bits per heavy atom. The Labute approximate surface area is 109 Å². The average molecular weight is 250 g/mol. The first kappa shape index (κ1) is 14.3. The van der Waals surface area contributed by atoms with Crippen molar-refractivity contribution >= 4 is 5.96 Å². The predicted molar refractivity (Wildman–Crippen MR) is 73.9 cm³/mol. The van der Waals surface area contributed by atoms with Gasteiger partial charge in [0.25, 0.3) is 0 Å². The number of nitrogens with one attached hydrogen (secondary N) is 2. The molecule has 0 unspecified atom stereocenters. The molecule has 0 spiro atoms. The molecule has 0 atom stereocenters. The average Bonchev–Trinajstić information content (AvgIpc) is 2.36. The van der Waals surface area contributed by atoms with Crippen LogP contribution in [0.4, 0.5) is 0 Å². The van der Waals surface area contributed by atoms with Gasteiger partial charge in [-0.05, 0) is 26.8 Å². The quantitative estimate of drug-likeness (QED) is 0.615. The van der Waals surface area contributed by atoms with E-state index in [-0.39, 0.29) is 0 Å². The number of rotatable bonds is 5. The Morgan fingerprint density at radius 2 is 2.22 bits per heavy atom. The molecule has 1 rings (SSSR count). The van der Waals surface area contributed by atoms with Gasteiger partial charge in [0.2, 0.25) is 5.88 Å². The molecule has 0 aliphatic rings. The van der Waals surface area contributed by atoms with Gasteiger partial charge >= 0.3 is 0 Å². The van der Waals surface area contributed by atoms with E-state index in [1.165, 1.54) is 0 Å². The summed E-state index contributed by atoms with van der Waals surface area (Å²) >= 11 is 0. The Morgan fingerprint density at radius 1 is 1.44 bits per heavy atom. The molecule has 1 aromatic rings. The Bertz CT molecular complexity index is 390. The van der Waals surface area contributed by atoms with Crippen molar-refractivity contribution in [1.29, 1.82) is 0 Å². The van der Waals surface area contributed by atoms with E-state index < -0.39 is 0 Å². The fourth-order valence-corrected chi connectivity index (χ4v) is 1.41. The molecule has 0 aliphatic carbocycles. The highest BCUT2D eigenvalue weighted by Gasteiger charge is 2.01. The first-order valence-corrected chi connectivity index (χ1v) is 6.20. The summed E-state index contributed by atoms with van der Waals surface area (Å²) in [6.45, 7) is 7.57. The second kappa shape index (κ2) is 7.53. The monoisotopic (exact) mass is 250 g/mol. The summed E-state index contributed by atoms with van der Waals surface area (Å²) in [4.78, 5) is 8.79. The van der Waals surface area contributed by atoms with Gasteiger partial charge in [0.05, 0.1) is 19.3 Å². The maximum absolute atomic E-state index is 5.08. The fraction of sp³-hybridized carbons (Fsp3) is 0.538. The van der Waals surface area contributed by atoms with Crippen molar-refractivity contribution in [2.24, 2.45) is 4.99 Å². The molecule has 0 bridgehead atoms. The summed E-state index contributed by atoms with van der Waals surface area (Å²) in [5.74, 6) is 1.42. The van der Waals surface area contributed by atoms with E-state index in [2.05, 4.69) is 34.5 Å². The Balaban J connectivity index is 2.68. The number of nitrogens with zero attached hydrogens (tertiary/aromatic N) is 2. The smallest absolute Gasteiger partial charge is 0.213 e. The lowest BCUT2D eigenvalue weighted by Gasteiger charge is -2.13. The molecule has 0 aromatic carbocycles. The van der Waals surface area contributed by atoms with E-state index in [4.69, 9.17) is 4.74 Å². The van der Waals surface area contributed by atoms with E-state index in [1.54, 1.807) is 7.11 Å². The Kier molecular flexibility index (Phi) is 5.97. The molecule has 2 N–H and O–H groups in total. The molecule has 1 heterocycles. The molecule has 1 aromatic heterocycles. The van der Waals surface area contributed by atoms with Gasteiger partial charge in [0.1, 0.15) is 0 Å². The number of hydrogen-bond acceptors (Lipinski definition) is 3. The number of ether oxygens (including phenoxy) is 1. The van der Waals surface area contributed by atoms with Crippen LogP contribution in [0.3, 0.4) is 0 Å². The lowest BCUT2D eigenvalue weighted by molar-refractivity contribution is 0.396. The van der Waals surface area contributed by atoms with Gasteiger partial charge < -0.3 is 15.4 Å². The van der Waals surface area contributed by atoms with Gasteiger partial charge in [-0.25, -0.2) is 9.98 Å². The molecule has 5 heteroatoms. The minimum atomic E-state index is 0.348. The molecule has 0 aliphatic heterocycles. The minimum absolute atomic E-state index is 0.348. The van der Waals surface area contributed by atoms with Crippen LogP contribution in [0.15, 0.2) is 23.2 Å². The highest BCUT2D eigenvalue weighted by atomic mass is 16.5. The number of pyridine rings is 1. The van der Waals surface area contributed by atoms with Crippen LogP contribution in [-0.2, 0) is 6.54 Å². The molecule has 0 fully saturated rings. The number of methoxy groups -OCH3 is 1. The number of hydrogen-bond donors (Lipinski definition) is 2. The predicted octanol–water partition coefficient (Wildman–Crippen LogP) is 1.55. The second-order valence-corrected chi connectivity index (χ2v) is 4.17. The summed E-state index contributed by atoms with van der Waals surface area (Å²) in [7, 11) is 1.61. The van der Waals surface area contributed by atoms with Crippen LogP contribution < -0.4 is 15.4 Å². The first-order valence-electron chi connectivity index (χ1n) is 6.20. The lowest BCUT2D eigenvalue weighted by atomic mass is 10.3. The van der Waals surface area contributed by atoms with Crippen LogP contribution in [0.1, 0.15) is 26.5 Å². The van der Waals surface area contributed by atoms with E-state index in [0.717, 1.165) is 18.2 Å². The summed E-state index contributed by atoms with van der Waals surface area (Å²) < 4.78 is 5.08. The Hall–Kier alpha value is -1.78. The number of aliphatic imine (C=N–C) groups is 1. The molecule has 0 radical (unpaired) electrons. The molecule has 0 saturated carbocycles. The fourth-order valence-electron chi connectivity index (χ4n) is 1.41. The summed E-state index contributed by atoms with van der Waals surface area (Å²) in [5.41, 5.74) is 0.885. The van der Waals surface area contributed by atoms with Gasteiger partial charge in [-0.2, -0.15) is 0 Å². The van der Waals surface area contributed by atoms with Crippen LogP contribution in [0.25, 0.3) is 0 Å². The van der Waals surface area contributed by atoms with Gasteiger partial charge in [-0.3, -0.25) is 0 Å². The minimum Gasteiger partial charge on any atom is -0.481 e. The molecule has 100 valence electrons. The summed E-state index contributed by atoms with van der Waals surface area (Å²) in [6.07, 6.45) is 0. The van der Waals surface area contributed by atoms with Crippen LogP contribution >= 0.6 is 0 Å². The van der Waals surface area contributed by atoms with Crippen molar-refractivity contribution in [1.82, 2.24) is 15.6 Å². The lowest BCUT2D eigenvalue weighted by Crippen LogP contribution is -2.41. The third-order valence-electron chi connectivity index (χ3n) is 2.16. The van der Waals surface area contributed by atoms with Gasteiger partial charge in [-0.15, -0.1) is 0 Å². The van der Waals surface area contributed by atoms with E-state index in [1.807, 2.05) is 25.1 Å². The zero-order valence-corrected chi connectivity index (χ0v) is 11.5.